The number of hydrogen-bond acceptors (Lipinski definition) is 6. The molecular weight excluding hydrogens is 414 g/mol. The number of nitrogens with zero attached hydrogens (tertiary/aromatic N) is 1. The maximum Gasteiger partial charge on any atom is 0.309 e. The number of sulfonamides is 1. The third-order valence-electron chi connectivity index (χ3n) is 4.70. The highest BCUT2D eigenvalue weighted by atomic mass is 32.2. The summed E-state index contributed by atoms with van der Waals surface area (Å²) in [6.45, 7) is 0.742. The van der Waals surface area contributed by atoms with E-state index in [4.69, 9.17) is 4.74 Å². The van der Waals surface area contributed by atoms with Crippen molar-refractivity contribution < 1.29 is 22.7 Å². The molecule has 3 rings (SSSR count). The monoisotopic (exact) mass is 437 g/mol. The van der Waals surface area contributed by atoms with Crippen molar-refractivity contribution in [2.45, 2.75) is 30.3 Å². The van der Waals surface area contributed by atoms with Gasteiger partial charge in [-0.05, 0) is 48.6 Å². The second kappa shape index (κ2) is 9.38. The van der Waals surface area contributed by atoms with Crippen molar-refractivity contribution in [1.29, 1.82) is 0 Å². The molecule has 1 saturated heterocycles. The molecule has 0 radical (unpaired) electrons. The van der Waals surface area contributed by atoms with Crippen molar-refractivity contribution in [3.05, 3.63) is 46.7 Å². The third kappa shape index (κ3) is 5.14. The van der Waals surface area contributed by atoms with E-state index in [2.05, 4.69) is 10.6 Å². The number of amides is 2. The van der Waals surface area contributed by atoms with Crippen molar-refractivity contribution in [3.63, 3.8) is 0 Å². The molecule has 1 aromatic carbocycles. The van der Waals surface area contributed by atoms with Crippen LogP contribution >= 0.6 is 11.3 Å². The van der Waals surface area contributed by atoms with Gasteiger partial charge in [0.05, 0.1) is 18.6 Å². The maximum absolute atomic E-state index is 13.0. The molecule has 156 valence electrons. The van der Waals surface area contributed by atoms with Crippen LogP contribution in [0.15, 0.2) is 46.7 Å². The lowest BCUT2D eigenvalue weighted by atomic mass is 10.2. The molecule has 1 aliphatic rings. The fourth-order valence-corrected chi connectivity index (χ4v) is 5.50. The first-order valence-corrected chi connectivity index (χ1v) is 11.5. The number of rotatable bonds is 7. The van der Waals surface area contributed by atoms with E-state index < -0.39 is 27.9 Å². The first-order valence-electron chi connectivity index (χ1n) is 9.16. The molecule has 0 saturated carbocycles. The molecule has 0 unspecified atom stereocenters. The van der Waals surface area contributed by atoms with Gasteiger partial charge in [-0.2, -0.15) is 4.31 Å². The Balaban J connectivity index is 1.57. The molecule has 2 aromatic rings. The Kier molecular flexibility index (Phi) is 6.88. The van der Waals surface area contributed by atoms with E-state index >= 15 is 0 Å². The van der Waals surface area contributed by atoms with E-state index in [1.807, 2.05) is 17.5 Å². The molecule has 1 atom stereocenters. The molecule has 1 aliphatic heterocycles. The molecule has 0 bridgehead atoms. The maximum atomic E-state index is 13.0. The lowest BCUT2D eigenvalue weighted by Crippen LogP contribution is -2.46. The molecule has 10 heteroatoms. The number of benzene rings is 1. The number of ether oxygens (including phenoxy) is 1. The lowest BCUT2D eigenvalue weighted by molar-refractivity contribution is -0.139. The fourth-order valence-electron chi connectivity index (χ4n) is 3.16. The Hall–Kier alpha value is -2.43. The molecule has 2 heterocycles. The van der Waals surface area contributed by atoms with Crippen molar-refractivity contribution >= 4 is 33.2 Å². The van der Waals surface area contributed by atoms with Gasteiger partial charge in [-0.3, -0.25) is 9.59 Å². The van der Waals surface area contributed by atoms with Gasteiger partial charge >= 0.3 is 11.8 Å². The summed E-state index contributed by atoms with van der Waals surface area (Å²) in [6.07, 6.45) is 1.31. The number of methoxy groups -OCH3 is 1. The summed E-state index contributed by atoms with van der Waals surface area (Å²) in [5.74, 6) is -0.932. The second-order valence-corrected chi connectivity index (χ2v) is 9.48. The summed E-state index contributed by atoms with van der Waals surface area (Å²) in [4.78, 5) is 25.1. The van der Waals surface area contributed by atoms with Crippen LogP contribution in [-0.4, -0.2) is 50.8 Å². The number of carbonyl (C=O) groups is 2. The molecule has 1 fully saturated rings. The highest BCUT2D eigenvalue weighted by Gasteiger charge is 2.35. The van der Waals surface area contributed by atoms with E-state index in [-0.39, 0.29) is 18.0 Å². The Labute approximate surface area is 173 Å². The van der Waals surface area contributed by atoms with Crippen molar-refractivity contribution in [2.24, 2.45) is 0 Å². The van der Waals surface area contributed by atoms with Gasteiger partial charge in [-0.1, -0.05) is 6.07 Å². The van der Waals surface area contributed by atoms with Crippen LogP contribution in [0, 0.1) is 0 Å². The average Bonchev–Trinajstić information content (AvgIpc) is 3.42. The molecule has 0 spiro atoms. The quantitative estimate of drug-likeness (QED) is 0.636. The third-order valence-corrected chi connectivity index (χ3v) is 7.54. The minimum absolute atomic E-state index is 0.0840. The van der Waals surface area contributed by atoms with Crippen molar-refractivity contribution in [3.8, 4) is 5.75 Å². The van der Waals surface area contributed by atoms with Crippen LogP contribution in [0.1, 0.15) is 17.7 Å². The molecule has 0 aliphatic carbocycles. The summed E-state index contributed by atoms with van der Waals surface area (Å²) in [7, 11) is -2.18. The molecule has 2 amide bonds. The smallest absolute Gasteiger partial charge is 0.309 e. The average molecular weight is 438 g/mol. The van der Waals surface area contributed by atoms with Gasteiger partial charge in [0, 0.05) is 24.0 Å². The fraction of sp³-hybridized carbons (Fsp3) is 0.368. The zero-order valence-electron chi connectivity index (χ0n) is 16.0. The highest BCUT2D eigenvalue weighted by molar-refractivity contribution is 7.89. The number of carbonyl (C=O) groups excluding carboxylic acids is 2. The van der Waals surface area contributed by atoms with E-state index in [1.165, 1.54) is 34.9 Å². The summed E-state index contributed by atoms with van der Waals surface area (Å²) < 4.78 is 32.4. The van der Waals surface area contributed by atoms with Gasteiger partial charge in [-0.25, -0.2) is 8.42 Å². The van der Waals surface area contributed by atoms with Crippen molar-refractivity contribution in [1.82, 2.24) is 14.9 Å². The van der Waals surface area contributed by atoms with Crippen LogP contribution < -0.4 is 15.4 Å². The molecule has 29 heavy (non-hydrogen) atoms. The largest absolute Gasteiger partial charge is 0.497 e. The standard InChI is InChI=1S/C19H23N3O5S2/c1-27-15-6-8-17(9-7-15)29(25,26)22-10-2-4-14(22)12-20-18(23)19(24)21-13-16-5-3-11-28-16/h3,5-9,11,14H,2,4,10,12-13H2,1H3,(H,20,23)(H,21,24)/t14-/m1/s1. The highest BCUT2D eigenvalue weighted by Crippen LogP contribution is 2.26. The summed E-state index contributed by atoms with van der Waals surface area (Å²) >= 11 is 1.49. The zero-order valence-corrected chi connectivity index (χ0v) is 17.6. The van der Waals surface area contributed by atoms with E-state index in [0.29, 0.717) is 25.1 Å². The Morgan fingerprint density at radius 2 is 1.90 bits per heavy atom. The molecular formula is C19H23N3O5S2. The van der Waals surface area contributed by atoms with Gasteiger partial charge in [0.25, 0.3) is 0 Å². The lowest BCUT2D eigenvalue weighted by Gasteiger charge is -2.24. The minimum atomic E-state index is -3.69. The van der Waals surface area contributed by atoms with Gasteiger partial charge < -0.3 is 15.4 Å². The predicted molar refractivity (Wildman–Crippen MR) is 109 cm³/mol. The molecule has 8 nitrogen and oxygen atoms in total. The number of hydrogen-bond donors (Lipinski definition) is 2. The Morgan fingerprint density at radius 3 is 2.55 bits per heavy atom. The normalized spacial score (nSPS) is 17.1. The van der Waals surface area contributed by atoms with Crippen LogP contribution in [0.5, 0.6) is 5.75 Å². The number of nitrogens with one attached hydrogen (secondary N) is 2. The minimum Gasteiger partial charge on any atom is -0.497 e. The van der Waals surface area contributed by atoms with Gasteiger partial charge in [0.1, 0.15) is 5.75 Å². The molecule has 1 aromatic heterocycles. The van der Waals surface area contributed by atoms with Crippen LogP contribution in [-0.2, 0) is 26.2 Å². The Bertz CT molecular complexity index is 943. The predicted octanol–water partition coefficient (Wildman–Crippen LogP) is 1.34. The van der Waals surface area contributed by atoms with Gasteiger partial charge in [-0.15, -0.1) is 11.3 Å². The van der Waals surface area contributed by atoms with E-state index in [9.17, 15) is 18.0 Å². The van der Waals surface area contributed by atoms with Gasteiger partial charge in [0.15, 0.2) is 0 Å². The first-order chi connectivity index (χ1) is 13.9. The second-order valence-electron chi connectivity index (χ2n) is 6.56. The summed E-state index contributed by atoms with van der Waals surface area (Å²) in [5.41, 5.74) is 0. The zero-order chi connectivity index (χ0) is 20.9. The van der Waals surface area contributed by atoms with E-state index in [0.717, 1.165) is 4.88 Å². The van der Waals surface area contributed by atoms with Gasteiger partial charge in [0.2, 0.25) is 10.0 Å². The van der Waals surface area contributed by atoms with Crippen LogP contribution in [0.25, 0.3) is 0 Å². The first kappa shape index (κ1) is 21.3. The number of thiophene rings is 1. The van der Waals surface area contributed by atoms with Crippen LogP contribution in [0.2, 0.25) is 0 Å². The van der Waals surface area contributed by atoms with Crippen molar-refractivity contribution in [2.75, 3.05) is 20.2 Å². The summed E-state index contributed by atoms with van der Waals surface area (Å²) in [5, 5.41) is 7.00. The Morgan fingerprint density at radius 1 is 1.17 bits per heavy atom. The SMILES string of the molecule is COc1ccc(S(=O)(=O)N2CCC[C@@H]2CNC(=O)C(=O)NCc2cccs2)cc1. The van der Waals surface area contributed by atoms with E-state index in [1.54, 1.807) is 12.1 Å². The van der Waals surface area contributed by atoms with Crippen LogP contribution in [0.4, 0.5) is 0 Å². The summed E-state index contributed by atoms with van der Waals surface area (Å²) in [6, 6.07) is 9.53. The topological polar surface area (TPSA) is 105 Å². The molecule has 2 N–H and O–H groups in total. The van der Waals surface area contributed by atoms with Crippen LogP contribution in [0.3, 0.4) is 0 Å².